The zero-order valence-corrected chi connectivity index (χ0v) is 15.0. The smallest absolute Gasteiger partial charge is 0.230 e. The second-order valence-electron chi connectivity index (χ2n) is 6.45. The highest BCUT2D eigenvalue weighted by molar-refractivity contribution is 9.10. The van der Waals surface area contributed by atoms with Crippen LogP contribution in [0.2, 0.25) is 0 Å². The van der Waals surface area contributed by atoms with Gasteiger partial charge >= 0.3 is 0 Å². The van der Waals surface area contributed by atoms with E-state index >= 15 is 0 Å². The number of hydrogen-bond acceptors (Lipinski definition) is 2. The minimum absolute atomic E-state index is 0.115. The third kappa shape index (κ3) is 3.09. The Balaban J connectivity index is 1.84. The lowest BCUT2D eigenvalue weighted by Crippen LogP contribution is -2.42. The molecule has 0 aliphatic carbocycles. The molecule has 0 bridgehead atoms. The van der Waals surface area contributed by atoms with Crippen LogP contribution in [-0.2, 0) is 16.0 Å². The van der Waals surface area contributed by atoms with E-state index in [1.165, 1.54) is 11.1 Å². The third-order valence-corrected chi connectivity index (χ3v) is 5.77. The largest absolute Gasteiger partial charge is 0.378 e. The first-order chi connectivity index (χ1) is 10.6. The summed E-state index contributed by atoms with van der Waals surface area (Å²) < 4.78 is 6.81. The molecule has 4 heteroatoms. The fourth-order valence-corrected chi connectivity index (χ4v) is 3.90. The lowest BCUT2D eigenvalue weighted by atomic mass is 9.91. The van der Waals surface area contributed by atoms with Gasteiger partial charge in [0.2, 0.25) is 5.91 Å². The maximum atomic E-state index is 13.0. The van der Waals surface area contributed by atoms with Crippen LogP contribution in [0.4, 0.5) is 5.69 Å². The highest BCUT2D eigenvalue weighted by Gasteiger charge is 2.32. The molecule has 2 aliphatic heterocycles. The summed E-state index contributed by atoms with van der Waals surface area (Å²) in [5.41, 5.74) is 3.65. The molecule has 1 amide bonds. The minimum atomic E-state index is 0.115. The number of fused-ring (bicyclic) bond motifs is 1. The number of nitrogens with zero attached hydrogens (tertiary/aromatic N) is 1. The summed E-state index contributed by atoms with van der Waals surface area (Å²) in [5.74, 6) is 0.406. The highest BCUT2D eigenvalue weighted by Crippen LogP contribution is 2.35. The van der Waals surface area contributed by atoms with Crippen LogP contribution in [0, 0.1) is 12.8 Å². The molecule has 2 heterocycles. The van der Waals surface area contributed by atoms with Gasteiger partial charge < -0.3 is 9.64 Å². The Morgan fingerprint density at radius 1 is 1.45 bits per heavy atom. The fraction of sp³-hybridized carbons (Fsp3) is 0.611. The topological polar surface area (TPSA) is 29.5 Å². The van der Waals surface area contributed by atoms with Crippen molar-refractivity contribution in [1.29, 1.82) is 0 Å². The maximum Gasteiger partial charge on any atom is 0.230 e. The quantitative estimate of drug-likeness (QED) is 0.784. The summed E-state index contributed by atoms with van der Waals surface area (Å²) in [6.45, 7) is 5.80. The first-order valence-corrected chi connectivity index (χ1v) is 9.11. The SMILES string of the molecule is CC[C@H]1C[C@@H](C(=O)N2CCCc3cc(C)c(Br)cc32)CCO1. The van der Waals surface area contributed by atoms with Crippen molar-refractivity contribution in [2.24, 2.45) is 5.92 Å². The third-order valence-electron chi connectivity index (χ3n) is 4.92. The molecule has 0 radical (unpaired) electrons. The van der Waals surface area contributed by atoms with Crippen LogP contribution in [0.15, 0.2) is 16.6 Å². The van der Waals surface area contributed by atoms with Crippen molar-refractivity contribution >= 4 is 27.5 Å². The van der Waals surface area contributed by atoms with E-state index in [1.807, 2.05) is 4.90 Å². The van der Waals surface area contributed by atoms with Crippen molar-refractivity contribution in [3.63, 3.8) is 0 Å². The van der Waals surface area contributed by atoms with Gasteiger partial charge in [-0.25, -0.2) is 0 Å². The number of carbonyl (C=O) groups excluding carboxylic acids is 1. The molecule has 1 saturated heterocycles. The zero-order valence-electron chi connectivity index (χ0n) is 13.4. The Labute approximate surface area is 141 Å². The van der Waals surface area contributed by atoms with Crippen molar-refractivity contribution < 1.29 is 9.53 Å². The molecule has 22 heavy (non-hydrogen) atoms. The Kier molecular flexibility index (Phi) is 4.88. The van der Waals surface area contributed by atoms with Crippen LogP contribution in [-0.4, -0.2) is 25.2 Å². The van der Waals surface area contributed by atoms with Gasteiger partial charge in [-0.2, -0.15) is 0 Å². The summed E-state index contributed by atoms with van der Waals surface area (Å²) in [6, 6.07) is 4.34. The van der Waals surface area contributed by atoms with Gasteiger partial charge in [-0.05, 0) is 56.2 Å². The number of carbonyl (C=O) groups is 1. The first-order valence-electron chi connectivity index (χ1n) is 8.32. The monoisotopic (exact) mass is 365 g/mol. The zero-order chi connectivity index (χ0) is 15.7. The second-order valence-corrected chi connectivity index (χ2v) is 7.30. The number of aryl methyl sites for hydroxylation is 2. The highest BCUT2D eigenvalue weighted by atomic mass is 79.9. The Morgan fingerprint density at radius 2 is 2.27 bits per heavy atom. The van der Waals surface area contributed by atoms with E-state index in [1.54, 1.807) is 0 Å². The van der Waals surface area contributed by atoms with E-state index in [2.05, 4.69) is 41.9 Å². The van der Waals surface area contributed by atoms with E-state index < -0.39 is 0 Å². The molecule has 120 valence electrons. The van der Waals surface area contributed by atoms with E-state index in [-0.39, 0.29) is 12.0 Å². The molecular weight excluding hydrogens is 342 g/mol. The van der Waals surface area contributed by atoms with Crippen LogP contribution in [0.5, 0.6) is 0 Å². The average molecular weight is 366 g/mol. The molecule has 0 spiro atoms. The van der Waals surface area contributed by atoms with Gasteiger partial charge in [0.05, 0.1) is 6.10 Å². The molecule has 3 rings (SSSR count). The van der Waals surface area contributed by atoms with Gasteiger partial charge in [0, 0.05) is 29.2 Å². The number of hydrogen-bond donors (Lipinski definition) is 0. The predicted octanol–water partition coefficient (Wildman–Crippen LogP) is 4.24. The number of halogens is 1. The molecule has 0 aromatic heterocycles. The first kappa shape index (κ1) is 16.0. The second kappa shape index (κ2) is 6.71. The maximum absolute atomic E-state index is 13.0. The lowest BCUT2D eigenvalue weighted by Gasteiger charge is -2.35. The molecular formula is C18H24BrNO2. The van der Waals surface area contributed by atoms with Crippen molar-refractivity contribution in [3.8, 4) is 0 Å². The molecule has 0 unspecified atom stereocenters. The minimum Gasteiger partial charge on any atom is -0.378 e. The molecule has 2 aliphatic rings. The lowest BCUT2D eigenvalue weighted by molar-refractivity contribution is -0.127. The fourth-order valence-electron chi connectivity index (χ4n) is 3.57. The summed E-state index contributed by atoms with van der Waals surface area (Å²) in [4.78, 5) is 15.0. The number of anilines is 1. The molecule has 0 saturated carbocycles. The van der Waals surface area contributed by atoms with Crippen LogP contribution in [0.3, 0.4) is 0 Å². The van der Waals surface area contributed by atoms with Crippen LogP contribution < -0.4 is 4.90 Å². The molecule has 0 N–H and O–H groups in total. The van der Waals surface area contributed by atoms with E-state index in [4.69, 9.17) is 4.74 Å². The van der Waals surface area contributed by atoms with Crippen LogP contribution in [0.25, 0.3) is 0 Å². The number of rotatable bonds is 2. The summed E-state index contributed by atoms with van der Waals surface area (Å²) in [6.07, 6.45) is 5.09. The van der Waals surface area contributed by atoms with Gasteiger partial charge in [0.15, 0.2) is 0 Å². The van der Waals surface area contributed by atoms with Crippen LogP contribution in [0.1, 0.15) is 43.7 Å². The summed E-state index contributed by atoms with van der Waals surface area (Å²) >= 11 is 3.61. The van der Waals surface area contributed by atoms with Gasteiger partial charge in [0.25, 0.3) is 0 Å². The standard InChI is InChI=1S/C18H24BrNO2/c1-3-15-10-14(6-8-22-15)18(21)20-7-4-5-13-9-12(2)16(19)11-17(13)20/h9,11,14-15H,3-8,10H2,1-2H3/t14-,15-/m0/s1. The van der Waals surface area contributed by atoms with Crippen molar-refractivity contribution in [2.75, 3.05) is 18.1 Å². The van der Waals surface area contributed by atoms with Gasteiger partial charge in [-0.3, -0.25) is 4.79 Å². The molecule has 3 nitrogen and oxygen atoms in total. The van der Waals surface area contributed by atoms with Gasteiger partial charge in [-0.1, -0.05) is 28.9 Å². The molecule has 1 fully saturated rings. The van der Waals surface area contributed by atoms with E-state index in [0.29, 0.717) is 12.5 Å². The average Bonchev–Trinajstić information content (AvgIpc) is 2.55. The Hall–Kier alpha value is -0.870. The number of ether oxygens (including phenoxy) is 1. The van der Waals surface area contributed by atoms with E-state index in [9.17, 15) is 4.79 Å². The normalized spacial score (nSPS) is 25.0. The predicted molar refractivity (Wildman–Crippen MR) is 92.3 cm³/mol. The number of amides is 1. The summed E-state index contributed by atoms with van der Waals surface area (Å²) in [7, 11) is 0. The van der Waals surface area contributed by atoms with Gasteiger partial charge in [0.1, 0.15) is 0 Å². The Morgan fingerprint density at radius 3 is 3.05 bits per heavy atom. The summed E-state index contributed by atoms with van der Waals surface area (Å²) in [5, 5.41) is 0. The van der Waals surface area contributed by atoms with Crippen molar-refractivity contribution in [3.05, 3.63) is 27.7 Å². The van der Waals surface area contributed by atoms with Crippen LogP contribution >= 0.6 is 15.9 Å². The van der Waals surface area contributed by atoms with Gasteiger partial charge in [-0.15, -0.1) is 0 Å². The molecule has 2 atom stereocenters. The van der Waals surface area contributed by atoms with Crippen molar-refractivity contribution in [2.45, 2.75) is 52.1 Å². The molecule has 1 aromatic carbocycles. The molecule has 1 aromatic rings. The van der Waals surface area contributed by atoms with E-state index in [0.717, 1.165) is 48.8 Å². The van der Waals surface area contributed by atoms with Crippen molar-refractivity contribution in [1.82, 2.24) is 0 Å². The Bertz CT molecular complexity index is 572. The number of benzene rings is 1.